The van der Waals surface area contributed by atoms with Gasteiger partial charge in [0.2, 0.25) is 0 Å². The van der Waals surface area contributed by atoms with Gasteiger partial charge in [-0.25, -0.2) is 0 Å². The molecule has 10 aromatic carbocycles. The Morgan fingerprint density at radius 3 is 1.10 bits per heavy atom. The fourth-order valence-corrected chi connectivity index (χ4v) is 15.4. The lowest BCUT2D eigenvalue weighted by Gasteiger charge is -2.46. The molecule has 2 heterocycles. The topological polar surface area (TPSA) is 24.9 Å². The highest BCUT2D eigenvalue weighted by molar-refractivity contribution is 7.27. The first-order valence-corrected chi connectivity index (χ1v) is 27.7. The first-order chi connectivity index (χ1) is 38.5. The normalized spacial score (nSPS) is 14.1. The van der Waals surface area contributed by atoms with Crippen LogP contribution in [0.15, 0.2) is 206 Å². The number of benzene rings is 10. The SMILES string of the molecule is Cc1cccc2c1sc1c(N(c3ccc(OC(F)(F)F)cc3)c3ccc4c(c3)-c3cc(N(c5ccc(OC(F)(F)F)cc5)c5cccc6c5sc5c(C)cccc56)ccc3C43c4ccccc4C(C)(C)c4ccccc43)cccc12. The Balaban J connectivity index is 1.05. The van der Waals surface area contributed by atoms with E-state index < -0.39 is 18.1 Å². The Hall–Kier alpha value is -8.58. The maximum atomic E-state index is 13.7. The molecule has 2 aliphatic rings. The third kappa shape index (κ3) is 7.70. The van der Waals surface area contributed by atoms with Crippen molar-refractivity contribution in [3.8, 4) is 22.6 Å². The number of rotatable bonds is 8. The second-order valence-corrected chi connectivity index (χ2v) is 23.1. The molecule has 0 aliphatic heterocycles. The number of thiophene rings is 2. The molecule has 0 fully saturated rings. The van der Waals surface area contributed by atoms with E-state index >= 15 is 0 Å². The van der Waals surface area contributed by atoms with Gasteiger partial charge in [-0.15, -0.1) is 49.0 Å². The van der Waals surface area contributed by atoms with Gasteiger partial charge in [0.15, 0.2) is 0 Å². The molecule has 394 valence electrons. The van der Waals surface area contributed by atoms with Gasteiger partial charge in [-0.3, -0.25) is 0 Å². The molecular formula is C68H46F6N2O2S2. The van der Waals surface area contributed by atoms with Gasteiger partial charge in [-0.2, -0.15) is 0 Å². The number of nitrogens with zero attached hydrogens (tertiary/aromatic N) is 2. The van der Waals surface area contributed by atoms with E-state index in [9.17, 15) is 26.3 Å². The molecule has 12 aromatic rings. The van der Waals surface area contributed by atoms with Crippen LogP contribution in [-0.4, -0.2) is 12.7 Å². The summed E-state index contributed by atoms with van der Waals surface area (Å²) in [6.45, 7) is 8.75. The van der Waals surface area contributed by atoms with E-state index in [0.29, 0.717) is 11.4 Å². The lowest BCUT2D eigenvalue weighted by Crippen LogP contribution is -2.40. The van der Waals surface area contributed by atoms with Crippen molar-refractivity contribution in [1.82, 2.24) is 0 Å². The van der Waals surface area contributed by atoms with Gasteiger partial charge in [-0.1, -0.05) is 135 Å². The molecule has 0 N–H and O–H groups in total. The zero-order valence-electron chi connectivity index (χ0n) is 43.4. The van der Waals surface area contributed by atoms with E-state index in [2.05, 4.69) is 193 Å². The van der Waals surface area contributed by atoms with Gasteiger partial charge in [-0.05, 0) is 154 Å². The van der Waals surface area contributed by atoms with Crippen molar-refractivity contribution in [2.24, 2.45) is 0 Å². The molecule has 0 radical (unpaired) electrons. The Bertz CT molecular complexity index is 4200. The summed E-state index contributed by atoms with van der Waals surface area (Å²) in [4.78, 5) is 4.23. The van der Waals surface area contributed by atoms with Crippen LogP contribution in [0.3, 0.4) is 0 Å². The van der Waals surface area contributed by atoms with E-state index in [0.717, 1.165) is 108 Å². The van der Waals surface area contributed by atoms with Crippen molar-refractivity contribution in [1.29, 1.82) is 0 Å². The Morgan fingerprint density at radius 1 is 0.362 bits per heavy atom. The number of hydrogen-bond acceptors (Lipinski definition) is 6. The van der Waals surface area contributed by atoms with Crippen LogP contribution in [0.5, 0.6) is 11.5 Å². The summed E-state index contributed by atoms with van der Waals surface area (Å²) in [6, 6.07) is 67.4. The highest BCUT2D eigenvalue weighted by Gasteiger charge is 2.53. The van der Waals surface area contributed by atoms with Crippen LogP contribution < -0.4 is 19.3 Å². The summed E-state index contributed by atoms with van der Waals surface area (Å²) < 4.78 is 95.1. The minimum absolute atomic E-state index is 0.333. The summed E-state index contributed by atoms with van der Waals surface area (Å²) >= 11 is 3.37. The van der Waals surface area contributed by atoms with Crippen LogP contribution in [0.25, 0.3) is 51.5 Å². The number of aryl methyl sites for hydroxylation is 2. The fraction of sp³-hybridized carbons (Fsp3) is 0.118. The zero-order valence-corrected chi connectivity index (χ0v) is 45.1. The standard InChI is InChI=1S/C68H46F6N2O2S2/c1-39-13-9-15-47-49-17-11-23-59(63(49)79-61(39)47)75(41-25-31-45(32-26-41)77-67(69,70)71)43-29-35-53-51(37-43)52-38-44(30-36-54(52)66(53)57-21-7-5-19-55(57)65(3,4)56-20-6-8-22-58(56)66)76(42-27-33-46(34-28-42)78-68(72,73)74)60-24-12-18-50-48-16-10-14-40(2)62(48)80-64(50)60/h5-38H,1-4H3. The number of ether oxygens (including phenoxy) is 2. The fourth-order valence-electron chi connectivity index (χ4n) is 12.9. The van der Waals surface area contributed by atoms with E-state index in [1.807, 2.05) is 12.1 Å². The molecular weight excluding hydrogens is 1050 g/mol. The summed E-state index contributed by atoms with van der Waals surface area (Å²) in [7, 11) is 0. The molecule has 0 unspecified atom stereocenters. The van der Waals surface area contributed by atoms with Crippen molar-refractivity contribution >= 4 is 97.1 Å². The minimum atomic E-state index is -4.88. The van der Waals surface area contributed by atoms with Crippen molar-refractivity contribution in [2.45, 2.75) is 51.2 Å². The number of fused-ring (bicyclic) bond motifs is 15. The van der Waals surface area contributed by atoms with E-state index in [-0.39, 0.29) is 16.9 Å². The summed E-state index contributed by atoms with van der Waals surface area (Å²) in [5.41, 5.74) is 14.2. The largest absolute Gasteiger partial charge is 0.573 e. The third-order valence-electron chi connectivity index (χ3n) is 16.2. The third-order valence-corrected chi connectivity index (χ3v) is 18.9. The van der Waals surface area contributed by atoms with Crippen LogP contribution in [0.2, 0.25) is 0 Å². The number of halogens is 6. The predicted octanol–water partition coefficient (Wildman–Crippen LogP) is 20.8. The maximum Gasteiger partial charge on any atom is 0.573 e. The molecule has 2 aromatic heterocycles. The second kappa shape index (κ2) is 18.0. The Morgan fingerprint density at radius 2 is 0.713 bits per heavy atom. The van der Waals surface area contributed by atoms with Gasteiger partial charge in [0, 0.05) is 59.1 Å². The maximum absolute atomic E-state index is 13.7. The molecule has 0 amide bonds. The minimum Gasteiger partial charge on any atom is -0.406 e. The zero-order chi connectivity index (χ0) is 55.0. The van der Waals surface area contributed by atoms with Gasteiger partial charge in [0.1, 0.15) is 11.5 Å². The van der Waals surface area contributed by atoms with E-state index in [1.54, 1.807) is 46.9 Å². The summed E-state index contributed by atoms with van der Waals surface area (Å²) in [5, 5.41) is 4.35. The molecule has 14 rings (SSSR count). The van der Waals surface area contributed by atoms with E-state index in [4.69, 9.17) is 0 Å². The van der Waals surface area contributed by atoms with Gasteiger partial charge >= 0.3 is 12.7 Å². The Kier molecular flexibility index (Phi) is 11.2. The highest BCUT2D eigenvalue weighted by atomic mass is 32.1. The number of anilines is 6. The van der Waals surface area contributed by atoms with Crippen LogP contribution in [0.1, 0.15) is 58.4 Å². The molecule has 80 heavy (non-hydrogen) atoms. The molecule has 12 heteroatoms. The average molecular weight is 1100 g/mol. The van der Waals surface area contributed by atoms with E-state index in [1.165, 1.54) is 35.4 Å². The summed E-state index contributed by atoms with van der Waals surface area (Å²) in [6.07, 6.45) is -9.75. The number of hydrogen-bond donors (Lipinski definition) is 0. The van der Waals surface area contributed by atoms with Gasteiger partial charge in [0.05, 0.1) is 26.2 Å². The molecule has 0 atom stereocenters. The van der Waals surface area contributed by atoms with Crippen molar-refractivity contribution < 1.29 is 35.8 Å². The molecule has 0 saturated heterocycles. The van der Waals surface area contributed by atoms with Gasteiger partial charge < -0.3 is 19.3 Å². The first kappa shape index (κ1) is 49.7. The average Bonchev–Trinajstić information content (AvgIpc) is 4.24. The van der Waals surface area contributed by atoms with Crippen molar-refractivity contribution in [3.63, 3.8) is 0 Å². The van der Waals surface area contributed by atoms with Crippen molar-refractivity contribution in [2.75, 3.05) is 9.80 Å². The smallest absolute Gasteiger partial charge is 0.406 e. The lowest BCUT2D eigenvalue weighted by atomic mass is 9.55. The lowest BCUT2D eigenvalue weighted by molar-refractivity contribution is -0.275. The number of alkyl halides is 6. The van der Waals surface area contributed by atoms with Crippen molar-refractivity contribution in [3.05, 3.63) is 251 Å². The molecule has 0 saturated carbocycles. The monoisotopic (exact) mass is 1100 g/mol. The Labute approximate surface area is 464 Å². The first-order valence-electron chi connectivity index (χ1n) is 26.1. The summed E-state index contributed by atoms with van der Waals surface area (Å²) in [5.74, 6) is -0.666. The predicted molar refractivity (Wildman–Crippen MR) is 314 cm³/mol. The quantitative estimate of drug-likeness (QED) is 0.142. The molecule has 4 nitrogen and oxygen atoms in total. The highest BCUT2D eigenvalue weighted by Crippen LogP contribution is 2.64. The van der Waals surface area contributed by atoms with Crippen LogP contribution in [0, 0.1) is 13.8 Å². The molecule has 1 spiro atoms. The molecule has 0 bridgehead atoms. The van der Waals surface area contributed by atoms with Gasteiger partial charge in [0.25, 0.3) is 0 Å². The van der Waals surface area contributed by atoms with Crippen LogP contribution in [0.4, 0.5) is 60.5 Å². The second-order valence-electron chi connectivity index (χ2n) is 21.1. The van der Waals surface area contributed by atoms with Crippen LogP contribution in [-0.2, 0) is 10.8 Å². The molecule has 2 aliphatic carbocycles. The van der Waals surface area contributed by atoms with Crippen LogP contribution >= 0.6 is 22.7 Å².